The molecule has 108 valence electrons. The van der Waals surface area contributed by atoms with Crippen molar-refractivity contribution in [2.24, 2.45) is 5.92 Å². The number of hydrogen-bond acceptors (Lipinski definition) is 4. The van der Waals surface area contributed by atoms with Crippen molar-refractivity contribution in [3.05, 3.63) is 11.7 Å². The van der Waals surface area contributed by atoms with Gasteiger partial charge in [-0.05, 0) is 31.7 Å². The molecule has 1 unspecified atom stereocenters. The van der Waals surface area contributed by atoms with Gasteiger partial charge in [0.05, 0.1) is 0 Å². The van der Waals surface area contributed by atoms with E-state index in [0.717, 1.165) is 30.6 Å². The zero-order valence-corrected chi connectivity index (χ0v) is 12.5. The van der Waals surface area contributed by atoms with Gasteiger partial charge in [0.15, 0.2) is 5.82 Å². The smallest absolute Gasteiger partial charge is 0.228 e. The fourth-order valence-corrected chi connectivity index (χ4v) is 2.87. The molecule has 1 N–H and O–H groups in total. The van der Waals surface area contributed by atoms with Gasteiger partial charge >= 0.3 is 0 Å². The molecule has 0 radical (unpaired) electrons. The summed E-state index contributed by atoms with van der Waals surface area (Å²) in [4.78, 5) is 4.51. The monoisotopic (exact) mass is 265 g/mol. The second-order valence-electron chi connectivity index (χ2n) is 6.01. The van der Waals surface area contributed by atoms with Crippen molar-refractivity contribution in [2.45, 2.75) is 71.3 Å². The first-order valence-corrected chi connectivity index (χ1v) is 7.76. The van der Waals surface area contributed by atoms with E-state index in [9.17, 15) is 0 Å². The molecule has 1 atom stereocenters. The molecule has 1 aromatic rings. The molecule has 1 aliphatic rings. The summed E-state index contributed by atoms with van der Waals surface area (Å²) in [6.45, 7) is 7.48. The minimum atomic E-state index is 0.339. The van der Waals surface area contributed by atoms with Crippen LogP contribution in [0.5, 0.6) is 0 Å². The Morgan fingerprint density at radius 2 is 2.05 bits per heavy atom. The summed E-state index contributed by atoms with van der Waals surface area (Å²) in [5.74, 6) is 2.74. The Balaban J connectivity index is 1.97. The van der Waals surface area contributed by atoms with E-state index >= 15 is 0 Å². The molecule has 0 aromatic carbocycles. The van der Waals surface area contributed by atoms with Gasteiger partial charge in [-0.1, -0.05) is 38.8 Å². The lowest BCUT2D eigenvalue weighted by Gasteiger charge is -2.23. The first-order valence-electron chi connectivity index (χ1n) is 7.76. The summed E-state index contributed by atoms with van der Waals surface area (Å²) in [6.07, 6.45) is 7.47. The topological polar surface area (TPSA) is 51.0 Å². The lowest BCUT2D eigenvalue weighted by molar-refractivity contribution is 0.306. The van der Waals surface area contributed by atoms with Crippen molar-refractivity contribution in [3.63, 3.8) is 0 Å². The molecule has 0 aliphatic heterocycles. The van der Waals surface area contributed by atoms with Gasteiger partial charge in [0.25, 0.3) is 0 Å². The van der Waals surface area contributed by atoms with Crippen LogP contribution in [0.4, 0.5) is 0 Å². The summed E-state index contributed by atoms with van der Waals surface area (Å²) >= 11 is 0. The number of aromatic nitrogens is 2. The van der Waals surface area contributed by atoms with Gasteiger partial charge in [0.1, 0.15) is 0 Å². The highest BCUT2D eigenvalue weighted by Crippen LogP contribution is 2.29. The van der Waals surface area contributed by atoms with Gasteiger partial charge in [0.2, 0.25) is 5.89 Å². The molecule has 1 aromatic heterocycles. The second-order valence-corrected chi connectivity index (χ2v) is 6.01. The summed E-state index contributed by atoms with van der Waals surface area (Å²) in [6, 6.07) is 0.503. The van der Waals surface area contributed by atoms with Crippen LogP contribution in [-0.4, -0.2) is 22.7 Å². The van der Waals surface area contributed by atoms with Crippen LogP contribution in [-0.2, 0) is 6.42 Å². The third-order valence-corrected chi connectivity index (χ3v) is 4.02. The predicted molar refractivity (Wildman–Crippen MR) is 76.1 cm³/mol. The van der Waals surface area contributed by atoms with Crippen LogP contribution in [0.3, 0.4) is 0 Å². The van der Waals surface area contributed by atoms with Gasteiger partial charge in [-0.2, -0.15) is 4.98 Å². The van der Waals surface area contributed by atoms with Gasteiger partial charge in [-0.25, -0.2) is 0 Å². The molecule has 0 amide bonds. The molecule has 19 heavy (non-hydrogen) atoms. The van der Waals surface area contributed by atoms with Gasteiger partial charge in [-0.15, -0.1) is 0 Å². The lowest BCUT2D eigenvalue weighted by Crippen LogP contribution is -2.37. The fraction of sp³-hybridized carbons (Fsp3) is 0.867. The highest BCUT2D eigenvalue weighted by Gasteiger charge is 2.26. The number of rotatable bonds is 7. The molecule has 2 rings (SSSR count). The zero-order chi connectivity index (χ0) is 13.7. The maximum absolute atomic E-state index is 5.39. The molecule has 4 nitrogen and oxygen atoms in total. The van der Waals surface area contributed by atoms with Crippen LogP contribution in [0, 0.1) is 5.92 Å². The van der Waals surface area contributed by atoms with E-state index in [1.165, 1.54) is 32.1 Å². The molecule has 1 saturated carbocycles. The first-order chi connectivity index (χ1) is 9.20. The van der Waals surface area contributed by atoms with Crippen LogP contribution in [0.2, 0.25) is 0 Å². The highest BCUT2D eigenvalue weighted by atomic mass is 16.5. The van der Waals surface area contributed by atoms with Crippen LogP contribution < -0.4 is 5.32 Å². The van der Waals surface area contributed by atoms with Gasteiger partial charge < -0.3 is 9.84 Å². The van der Waals surface area contributed by atoms with Gasteiger partial charge in [0, 0.05) is 18.4 Å². The largest absolute Gasteiger partial charge is 0.339 e. The fourth-order valence-electron chi connectivity index (χ4n) is 2.87. The van der Waals surface area contributed by atoms with Crippen molar-refractivity contribution in [1.82, 2.24) is 15.5 Å². The van der Waals surface area contributed by atoms with Crippen LogP contribution >= 0.6 is 0 Å². The summed E-state index contributed by atoms with van der Waals surface area (Å²) in [5.41, 5.74) is 0. The number of hydrogen-bond donors (Lipinski definition) is 1. The quantitative estimate of drug-likeness (QED) is 0.822. The molecule has 1 aliphatic carbocycles. The van der Waals surface area contributed by atoms with Crippen LogP contribution in [0.1, 0.15) is 70.5 Å². The average molecular weight is 265 g/mol. The summed E-state index contributed by atoms with van der Waals surface area (Å²) in [7, 11) is 0. The third-order valence-electron chi connectivity index (χ3n) is 4.02. The van der Waals surface area contributed by atoms with E-state index in [0.29, 0.717) is 12.0 Å². The molecular formula is C15H27N3O. The molecule has 0 saturated heterocycles. The maximum atomic E-state index is 5.39. The Labute approximate surface area is 116 Å². The predicted octanol–water partition coefficient (Wildman–Crippen LogP) is 3.29. The Bertz CT molecular complexity index is 369. The van der Waals surface area contributed by atoms with E-state index in [2.05, 4.69) is 36.2 Å². The average Bonchev–Trinajstić information content (AvgIpc) is 3.05. The number of nitrogens with one attached hydrogen (secondary N) is 1. The molecule has 4 heteroatoms. The van der Waals surface area contributed by atoms with E-state index in [1.54, 1.807) is 0 Å². The highest BCUT2D eigenvalue weighted by molar-refractivity contribution is 4.95. The first kappa shape index (κ1) is 14.5. The number of nitrogens with zero attached hydrogens (tertiary/aromatic N) is 2. The molecule has 1 heterocycles. The maximum Gasteiger partial charge on any atom is 0.228 e. The van der Waals surface area contributed by atoms with Crippen molar-refractivity contribution in [1.29, 1.82) is 0 Å². The molecule has 0 bridgehead atoms. The van der Waals surface area contributed by atoms with Crippen molar-refractivity contribution in [3.8, 4) is 0 Å². The molecular weight excluding hydrogens is 238 g/mol. The van der Waals surface area contributed by atoms with Crippen molar-refractivity contribution < 1.29 is 4.52 Å². The summed E-state index contributed by atoms with van der Waals surface area (Å²) < 4.78 is 5.39. The van der Waals surface area contributed by atoms with E-state index < -0.39 is 0 Å². The minimum absolute atomic E-state index is 0.339. The standard InChI is InChI=1S/C15H27N3O/c1-4-9-16-13(12-7-5-6-8-12)10-14-17-15(11(2)3)18-19-14/h11-13,16H,4-10H2,1-3H3. The zero-order valence-electron chi connectivity index (χ0n) is 12.5. The minimum Gasteiger partial charge on any atom is -0.339 e. The molecule has 1 fully saturated rings. The Kier molecular flexibility index (Phi) is 5.37. The van der Waals surface area contributed by atoms with Crippen LogP contribution in [0.25, 0.3) is 0 Å². The Morgan fingerprint density at radius 3 is 2.63 bits per heavy atom. The van der Waals surface area contributed by atoms with Gasteiger partial charge in [-0.3, -0.25) is 0 Å². The Morgan fingerprint density at radius 1 is 1.32 bits per heavy atom. The summed E-state index contributed by atoms with van der Waals surface area (Å²) in [5, 5.41) is 7.73. The normalized spacial score (nSPS) is 18.3. The third kappa shape index (κ3) is 4.03. The SMILES string of the molecule is CCCNC(Cc1nc(C(C)C)no1)C1CCCC1. The van der Waals surface area contributed by atoms with Crippen molar-refractivity contribution in [2.75, 3.05) is 6.54 Å². The Hall–Kier alpha value is -0.900. The second kappa shape index (κ2) is 7.04. The lowest BCUT2D eigenvalue weighted by atomic mass is 9.95. The van der Waals surface area contributed by atoms with E-state index in [4.69, 9.17) is 4.52 Å². The van der Waals surface area contributed by atoms with Crippen molar-refractivity contribution >= 4 is 0 Å². The van der Waals surface area contributed by atoms with Crippen LogP contribution in [0.15, 0.2) is 4.52 Å². The van der Waals surface area contributed by atoms with E-state index in [-0.39, 0.29) is 0 Å². The van der Waals surface area contributed by atoms with E-state index in [1.807, 2.05) is 0 Å². The molecule has 0 spiro atoms.